The molecule has 116 valence electrons. The molecule has 23 heavy (non-hydrogen) atoms. The Hall–Kier alpha value is -2.33. The van der Waals surface area contributed by atoms with Crippen molar-refractivity contribution in [1.82, 2.24) is 9.97 Å². The topological polar surface area (TPSA) is 49.0 Å². The van der Waals surface area contributed by atoms with Crippen molar-refractivity contribution in [3.63, 3.8) is 0 Å². The van der Waals surface area contributed by atoms with Crippen LogP contribution in [0.5, 0.6) is 0 Å². The molecule has 1 aliphatic rings. The summed E-state index contributed by atoms with van der Waals surface area (Å²) in [6.45, 7) is 2.57. The number of aromatic amines is 1. The zero-order valence-electron chi connectivity index (χ0n) is 12.7. The van der Waals surface area contributed by atoms with Gasteiger partial charge in [-0.05, 0) is 36.8 Å². The molecule has 3 aromatic rings. The summed E-state index contributed by atoms with van der Waals surface area (Å²) in [5.74, 6) is 1.07. The standard InChI is InChI=1S/C18H16ClN3O/c1-11-13(19)5-4-8-16(11)22-10-12(9-17(22)23)18-20-14-6-2-3-7-15(14)21-18/h2-8,12H,9-10H2,1H3,(H,20,21)/t12-/m0/s1. The fourth-order valence-electron chi connectivity index (χ4n) is 3.18. The van der Waals surface area contributed by atoms with E-state index in [0.717, 1.165) is 28.1 Å². The monoisotopic (exact) mass is 325 g/mol. The molecule has 0 aliphatic carbocycles. The highest BCUT2D eigenvalue weighted by molar-refractivity contribution is 6.31. The SMILES string of the molecule is Cc1c(Cl)cccc1N1C[C@@H](c2nc3ccccc3[nH]2)CC1=O. The molecule has 0 unspecified atom stereocenters. The maximum Gasteiger partial charge on any atom is 0.227 e. The van der Waals surface area contributed by atoms with Gasteiger partial charge in [0.15, 0.2) is 0 Å². The molecule has 1 aliphatic heterocycles. The summed E-state index contributed by atoms with van der Waals surface area (Å²) >= 11 is 6.19. The lowest BCUT2D eigenvalue weighted by atomic mass is 10.1. The van der Waals surface area contributed by atoms with Crippen LogP contribution in [0.2, 0.25) is 5.02 Å². The second kappa shape index (κ2) is 5.39. The number of nitrogens with zero attached hydrogens (tertiary/aromatic N) is 2. The first kappa shape index (κ1) is 14.3. The molecule has 0 bridgehead atoms. The van der Waals surface area contributed by atoms with Gasteiger partial charge in [-0.3, -0.25) is 4.79 Å². The normalized spacial score (nSPS) is 18.1. The number of carbonyl (C=O) groups excluding carboxylic acids is 1. The molecule has 1 saturated heterocycles. The molecular formula is C18H16ClN3O. The van der Waals surface area contributed by atoms with E-state index in [-0.39, 0.29) is 11.8 Å². The third-order valence-electron chi connectivity index (χ3n) is 4.45. The number of hydrogen-bond acceptors (Lipinski definition) is 2. The zero-order valence-corrected chi connectivity index (χ0v) is 13.5. The van der Waals surface area contributed by atoms with Gasteiger partial charge in [-0.25, -0.2) is 4.98 Å². The number of H-pyrrole nitrogens is 1. The van der Waals surface area contributed by atoms with E-state index in [1.165, 1.54) is 0 Å². The van der Waals surface area contributed by atoms with Crippen LogP contribution in [-0.4, -0.2) is 22.4 Å². The number of benzene rings is 2. The van der Waals surface area contributed by atoms with Crippen LogP contribution in [0.3, 0.4) is 0 Å². The summed E-state index contributed by atoms with van der Waals surface area (Å²) in [4.78, 5) is 22.3. The number of amides is 1. The van der Waals surface area contributed by atoms with Gasteiger partial charge in [0.05, 0.1) is 11.0 Å². The first-order chi connectivity index (χ1) is 11.1. The molecule has 1 aromatic heterocycles. The lowest BCUT2D eigenvalue weighted by molar-refractivity contribution is -0.117. The second-order valence-corrected chi connectivity index (χ2v) is 6.34. The summed E-state index contributed by atoms with van der Waals surface area (Å²) in [6.07, 6.45) is 0.464. The van der Waals surface area contributed by atoms with Crippen molar-refractivity contribution in [2.75, 3.05) is 11.4 Å². The average Bonchev–Trinajstić information content (AvgIpc) is 3.13. The summed E-state index contributed by atoms with van der Waals surface area (Å²) in [7, 11) is 0. The van der Waals surface area contributed by atoms with Gasteiger partial charge in [0, 0.05) is 29.6 Å². The molecule has 0 saturated carbocycles. The largest absolute Gasteiger partial charge is 0.342 e. The third kappa shape index (κ3) is 2.39. The molecule has 1 fully saturated rings. The Balaban J connectivity index is 1.66. The van der Waals surface area contributed by atoms with E-state index < -0.39 is 0 Å². The Morgan fingerprint density at radius 2 is 2.04 bits per heavy atom. The van der Waals surface area contributed by atoms with Gasteiger partial charge in [0.1, 0.15) is 5.82 Å². The number of anilines is 1. The highest BCUT2D eigenvalue weighted by Crippen LogP contribution is 2.34. The highest BCUT2D eigenvalue weighted by Gasteiger charge is 2.34. The van der Waals surface area contributed by atoms with Gasteiger partial charge in [-0.1, -0.05) is 29.8 Å². The van der Waals surface area contributed by atoms with Crippen LogP contribution in [0.25, 0.3) is 11.0 Å². The minimum Gasteiger partial charge on any atom is -0.342 e. The van der Waals surface area contributed by atoms with E-state index in [2.05, 4.69) is 9.97 Å². The fraction of sp³-hybridized carbons (Fsp3) is 0.222. The molecule has 2 heterocycles. The third-order valence-corrected chi connectivity index (χ3v) is 4.86. The van der Waals surface area contributed by atoms with Crippen LogP contribution < -0.4 is 4.90 Å². The van der Waals surface area contributed by atoms with E-state index in [1.807, 2.05) is 54.3 Å². The smallest absolute Gasteiger partial charge is 0.227 e. The van der Waals surface area contributed by atoms with E-state index >= 15 is 0 Å². The molecule has 0 radical (unpaired) electrons. The lowest BCUT2D eigenvalue weighted by Crippen LogP contribution is -2.25. The number of fused-ring (bicyclic) bond motifs is 1. The van der Waals surface area contributed by atoms with E-state index in [4.69, 9.17) is 11.6 Å². The Morgan fingerprint density at radius 3 is 2.87 bits per heavy atom. The Labute approximate surface area is 139 Å². The van der Waals surface area contributed by atoms with Crippen molar-refractivity contribution in [3.05, 3.63) is 58.9 Å². The highest BCUT2D eigenvalue weighted by atomic mass is 35.5. The molecular weight excluding hydrogens is 310 g/mol. The number of halogens is 1. The number of para-hydroxylation sites is 2. The van der Waals surface area contributed by atoms with Gasteiger partial charge >= 0.3 is 0 Å². The average molecular weight is 326 g/mol. The van der Waals surface area contributed by atoms with Crippen molar-refractivity contribution >= 4 is 34.2 Å². The molecule has 4 nitrogen and oxygen atoms in total. The van der Waals surface area contributed by atoms with Gasteiger partial charge in [-0.2, -0.15) is 0 Å². The molecule has 5 heteroatoms. The van der Waals surface area contributed by atoms with Crippen LogP contribution in [0.15, 0.2) is 42.5 Å². The second-order valence-electron chi connectivity index (χ2n) is 5.93. The first-order valence-corrected chi connectivity index (χ1v) is 8.01. The maximum absolute atomic E-state index is 12.5. The van der Waals surface area contributed by atoms with Crippen LogP contribution in [0.1, 0.15) is 23.7 Å². The minimum absolute atomic E-state index is 0.0771. The van der Waals surface area contributed by atoms with Gasteiger partial charge in [0.2, 0.25) is 5.91 Å². The molecule has 2 aromatic carbocycles. The predicted molar refractivity (Wildman–Crippen MR) is 92.0 cm³/mol. The van der Waals surface area contributed by atoms with Gasteiger partial charge in [-0.15, -0.1) is 0 Å². The Bertz CT molecular complexity index is 869. The summed E-state index contributed by atoms with van der Waals surface area (Å²) in [6, 6.07) is 13.6. The van der Waals surface area contributed by atoms with E-state index in [1.54, 1.807) is 0 Å². The van der Waals surface area contributed by atoms with Gasteiger partial charge in [0.25, 0.3) is 0 Å². The van der Waals surface area contributed by atoms with Crippen molar-refractivity contribution < 1.29 is 4.79 Å². The number of hydrogen-bond donors (Lipinski definition) is 1. The lowest BCUT2D eigenvalue weighted by Gasteiger charge is -2.19. The van der Waals surface area contributed by atoms with Crippen LogP contribution in [0.4, 0.5) is 5.69 Å². The van der Waals surface area contributed by atoms with E-state index in [0.29, 0.717) is 18.0 Å². The number of aromatic nitrogens is 2. The molecule has 1 atom stereocenters. The quantitative estimate of drug-likeness (QED) is 0.773. The number of nitrogens with one attached hydrogen (secondary N) is 1. The maximum atomic E-state index is 12.5. The van der Waals surface area contributed by atoms with E-state index in [9.17, 15) is 4.79 Å². The first-order valence-electron chi connectivity index (χ1n) is 7.63. The Morgan fingerprint density at radius 1 is 1.22 bits per heavy atom. The zero-order chi connectivity index (χ0) is 16.0. The van der Waals surface area contributed by atoms with Crippen LogP contribution in [0, 0.1) is 6.92 Å². The van der Waals surface area contributed by atoms with Gasteiger partial charge < -0.3 is 9.88 Å². The molecule has 1 N–H and O–H groups in total. The fourth-order valence-corrected chi connectivity index (χ4v) is 3.35. The summed E-state index contributed by atoms with van der Waals surface area (Å²) in [5.41, 5.74) is 3.77. The number of imidazole rings is 1. The summed E-state index contributed by atoms with van der Waals surface area (Å²) in [5, 5.41) is 0.683. The van der Waals surface area contributed by atoms with Crippen LogP contribution >= 0.6 is 11.6 Å². The minimum atomic E-state index is 0.0771. The Kier molecular flexibility index (Phi) is 3.34. The molecule has 0 spiro atoms. The van der Waals surface area contributed by atoms with Crippen molar-refractivity contribution in [2.24, 2.45) is 0 Å². The number of carbonyl (C=O) groups is 1. The molecule has 1 amide bonds. The summed E-state index contributed by atoms with van der Waals surface area (Å²) < 4.78 is 0. The van der Waals surface area contributed by atoms with Crippen LogP contribution in [-0.2, 0) is 4.79 Å². The predicted octanol–water partition coefficient (Wildman–Crippen LogP) is 4.05. The number of rotatable bonds is 2. The molecule has 4 rings (SSSR count). The van der Waals surface area contributed by atoms with Crippen molar-refractivity contribution in [2.45, 2.75) is 19.3 Å². The van der Waals surface area contributed by atoms with Crippen molar-refractivity contribution in [1.29, 1.82) is 0 Å². The van der Waals surface area contributed by atoms with Crippen molar-refractivity contribution in [3.8, 4) is 0 Å².